The summed E-state index contributed by atoms with van der Waals surface area (Å²) in [6.07, 6.45) is 6.52. The second-order valence-corrected chi connectivity index (χ2v) is 7.22. The Morgan fingerprint density at radius 3 is 2.43 bits per heavy atom. The highest BCUT2D eigenvalue weighted by Crippen LogP contribution is 2.20. The van der Waals surface area contributed by atoms with E-state index in [0.29, 0.717) is 12.1 Å². The van der Waals surface area contributed by atoms with Crippen molar-refractivity contribution in [2.45, 2.75) is 83.0 Å². The van der Waals surface area contributed by atoms with E-state index in [0.717, 1.165) is 32.5 Å². The van der Waals surface area contributed by atoms with Gasteiger partial charge >= 0.3 is 6.09 Å². The van der Waals surface area contributed by atoms with Gasteiger partial charge in [-0.15, -0.1) is 0 Å². The largest absolute Gasteiger partial charge is 0.444 e. The molecular weight excluding hydrogens is 268 g/mol. The monoisotopic (exact) mass is 298 g/mol. The van der Waals surface area contributed by atoms with Gasteiger partial charge in [-0.3, -0.25) is 0 Å². The predicted molar refractivity (Wildman–Crippen MR) is 82.4 cm³/mol. The van der Waals surface area contributed by atoms with Crippen LogP contribution in [0, 0.1) is 0 Å². The van der Waals surface area contributed by atoms with Crippen LogP contribution in [0.1, 0.15) is 59.3 Å². The Balaban J connectivity index is 1.90. The van der Waals surface area contributed by atoms with Crippen molar-refractivity contribution >= 4 is 6.09 Å². The van der Waals surface area contributed by atoms with Gasteiger partial charge in [-0.05, 0) is 40.0 Å². The molecule has 5 heteroatoms. The molecule has 0 bridgehead atoms. The lowest BCUT2D eigenvalue weighted by atomic mass is 10.0. The van der Waals surface area contributed by atoms with E-state index in [1.807, 2.05) is 20.8 Å². The van der Waals surface area contributed by atoms with Gasteiger partial charge in [-0.2, -0.15) is 0 Å². The number of amides is 1. The summed E-state index contributed by atoms with van der Waals surface area (Å²) in [6, 6.07) is 0.908. The summed E-state index contributed by atoms with van der Waals surface area (Å²) in [7, 11) is 0. The molecular formula is C16H30N2O3. The summed E-state index contributed by atoms with van der Waals surface area (Å²) in [5, 5.41) is 6.76. The Morgan fingerprint density at radius 2 is 1.81 bits per heavy atom. The third-order valence-corrected chi connectivity index (χ3v) is 4.10. The highest BCUT2D eigenvalue weighted by atomic mass is 16.6. The third kappa shape index (κ3) is 5.83. The fourth-order valence-electron chi connectivity index (χ4n) is 3.11. The zero-order valence-electron chi connectivity index (χ0n) is 13.6. The Bertz CT molecular complexity index is 335. The predicted octanol–water partition coefficient (Wildman–Crippen LogP) is 2.59. The van der Waals surface area contributed by atoms with Crippen molar-refractivity contribution in [1.29, 1.82) is 0 Å². The Morgan fingerprint density at radius 1 is 1.10 bits per heavy atom. The molecule has 1 saturated carbocycles. The van der Waals surface area contributed by atoms with Crippen molar-refractivity contribution in [2.24, 2.45) is 0 Å². The fraction of sp³-hybridized carbons (Fsp3) is 0.938. The number of rotatable bonds is 3. The second-order valence-electron chi connectivity index (χ2n) is 7.22. The van der Waals surface area contributed by atoms with E-state index in [4.69, 9.17) is 9.47 Å². The molecule has 1 aliphatic heterocycles. The van der Waals surface area contributed by atoms with Crippen LogP contribution in [0.5, 0.6) is 0 Å². The zero-order valence-corrected chi connectivity index (χ0v) is 13.6. The standard InChI is InChI=1S/C16H30N2O3/c1-16(2,3)21-15(19)18-14-8-6-4-5-7-13(14)17-12-9-10-20-11-12/h12-14,17H,4-11H2,1-3H3,(H,18,19). The maximum atomic E-state index is 12.0. The van der Waals surface area contributed by atoms with E-state index in [9.17, 15) is 4.79 Å². The van der Waals surface area contributed by atoms with E-state index in [-0.39, 0.29) is 12.1 Å². The van der Waals surface area contributed by atoms with Gasteiger partial charge in [0, 0.05) is 24.7 Å². The van der Waals surface area contributed by atoms with Crippen molar-refractivity contribution in [2.75, 3.05) is 13.2 Å². The molecule has 1 saturated heterocycles. The van der Waals surface area contributed by atoms with Gasteiger partial charge in [-0.25, -0.2) is 4.79 Å². The Labute approximate surface area is 128 Å². The maximum absolute atomic E-state index is 12.0. The van der Waals surface area contributed by atoms with Crippen LogP contribution in [-0.2, 0) is 9.47 Å². The van der Waals surface area contributed by atoms with Crippen LogP contribution in [0.4, 0.5) is 4.79 Å². The number of ether oxygens (including phenoxy) is 2. The quantitative estimate of drug-likeness (QED) is 0.786. The molecule has 0 aromatic heterocycles. The molecule has 2 aliphatic rings. The molecule has 1 heterocycles. The number of carbonyl (C=O) groups is 1. The SMILES string of the molecule is CC(C)(C)OC(=O)NC1CCCCCC1NC1CCOC1. The molecule has 0 aromatic carbocycles. The van der Waals surface area contributed by atoms with Crippen LogP contribution in [0.3, 0.4) is 0 Å². The van der Waals surface area contributed by atoms with Crippen LogP contribution in [-0.4, -0.2) is 43.0 Å². The molecule has 21 heavy (non-hydrogen) atoms. The van der Waals surface area contributed by atoms with Crippen LogP contribution < -0.4 is 10.6 Å². The van der Waals surface area contributed by atoms with E-state index < -0.39 is 5.60 Å². The van der Waals surface area contributed by atoms with Gasteiger partial charge in [0.2, 0.25) is 0 Å². The topological polar surface area (TPSA) is 59.6 Å². The Kier molecular flexibility index (Phi) is 5.88. The lowest BCUT2D eigenvalue weighted by Crippen LogP contribution is -2.53. The number of carbonyl (C=O) groups excluding carboxylic acids is 1. The zero-order chi connectivity index (χ0) is 15.3. The molecule has 0 spiro atoms. The third-order valence-electron chi connectivity index (χ3n) is 4.10. The lowest BCUT2D eigenvalue weighted by molar-refractivity contribution is 0.0487. The molecule has 3 unspecified atom stereocenters. The molecule has 3 atom stereocenters. The van der Waals surface area contributed by atoms with Crippen LogP contribution >= 0.6 is 0 Å². The first-order valence-corrected chi connectivity index (χ1v) is 8.27. The molecule has 2 rings (SSSR count). The van der Waals surface area contributed by atoms with Gasteiger partial charge in [0.25, 0.3) is 0 Å². The van der Waals surface area contributed by atoms with Crippen LogP contribution in [0.25, 0.3) is 0 Å². The highest BCUT2D eigenvalue weighted by Gasteiger charge is 2.29. The molecule has 2 N–H and O–H groups in total. The van der Waals surface area contributed by atoms with Crippen molar-refractivity contribution < 1.29 is 14.3 Å². The maximum Gasteiger partial charge on any atom is 0.407 e. The number of alkyl carbamates (subject to hydrolysis) is 1. The minimum atomic E-state index is -0.447. The average Bonchev–Trinajstić information content (AvgIpc) is 2.77. The van der Waals surface area contributed by atoms with Crippen molar-refractivity contribution in [3.63, 3.8) is 0 Å². The summed E-state index contributed by atoms with van der Waals surface area (Å²) in [4.78, 5) is 12.0. The number of hydrogen-bond acceptors (Lipinski definition) is 4. The molecule has 5 nitrogen and oxygen atoms in total. The van der Waals surface area contributed by atoms with Crippen molar-refractivity contribution in [1.82, 2.24) is 10.6 Å². The van der Waals surface area contributed by atoms with Gasteiger partial charge in [0.1, 0.15) is 5.60 Å². The lowest BCUT2D eigenvalue weighted by Gasteiger charge is -2.30. The molecule has 1 amide bonds. The summed E-state index contributed by atoms with van der Waals surface area (Å²) in [5.74, 6) is 0. The second kappa shape index (κ2) is 7.45. The van der Waals surface area contributed by atoms with Gasteiger partial charge in [-0.1, -0.05) is 19.3 Å². The van der Waals surface area contributed by atoms with Gasteiger partial charge in [0.05, 0.1) is 6.61 Å². The average molecular weight is 298 g/mol. The van der Waals surface area contributed by atoms with Crippen LogP contribution in [0.2, 0.25) is 0 Å². The fourth-order valence-corrected chi connectivity index (χ4v) is 3.11. The smallest absolute Gasteiger partial charge is 0.407 e. The number of nitrogens with one attached hydrogen (secondary N) is 2. The Hall–Kier alpha value is -0.810. The van der Waals surface area contributed by atoms with Crippen molar-refractivity contribution in [3.05, 3.63) is 0 Å². The summed E-state index contributed by atoms with van der Waals surface area (Å²) >= 11 is 0. The first-order valence-electron chi connectivity index (χ1n) is 8.27. The molecule has 1 aliphatic carbocycles. The molecule has 0 aromatic rings. The van der Waals surface area contributed by atoms with Gasteiger partial charge in [0.15, 0.2) is 0 Å². The molecule has 122 valence electrons. The minimum Gasteiger partial charge on any atom is -0.444 e. The molecule has 2 fully saturated rings. The van der Waals surface area contributed by atoms with E-state index >= 15 is 0 Å². The minimum absolute atomic E-state index is 0.156. The van der Waals surface area contributed by atoms with Crippen LogP contribution in [0.15, 0.2) is 0 Å². The van der Waals surface area contributed by atoms with Gasteiger partial charge < -0.3 is 20.1 Å². The summed E-state index contributed by atoms with van der Waals surface area (Å²) in [5.41, 5.74) is -0.447. The first kappa shape index (κ1) is 16.6. The summed E-state index contributed by atoms with van der Waals surface area (Å²) < 4.78 is 10.8. The molecule has 0 radical (unpaired) electrons. The van der Waals surface area contributed by atoms with E-state index in [1.54, 1.807) is 0 Å². The van der Waals surface area contributed by atoms with E-state index in [1.165, 1.54) is 19.3 Å². The first-order chi connectivity index (χ1) is 9.94. The van der Waals surface area contributed by atoms with Crippen molar-refractivity contribution in [3.8, 4) is 0 Å². The normalized spacial score (nSPS) is 30.7. The van der Waals surface area contributed by atoms with E-state index in [2.05, 4.69) is 10.6 Å². The highest BCUT2D eigenvalue weighted by molar-refractivity contribution is 5.68. The summed E-state index contributed by atoms with van der Waals surface area (Å²) in [6.45, 7) is 7.31. The number of hydrogen-bond donors (Lipinski definition) is 2.